The van der Waals surface area contributed by atoms with Gasteiger partial charge in [0.25, 0.3) is 0 Å². The van der Waals surface area contributed by atoms with E-state index >= 15 is 0 Å². The Kier molecular flexibility index (Phi) is 4.24. The molecule has 1 amide bonds. The lowest BCUT2D eigenvalue weighted by Crippen LogP contribution is -2.30. The van der Waals surface area contributed by atoms with E-state index in [1.165, 1.54) is 17.2 Å². The van der Waals surface area contributed by atoms with Crippen molar-refractivity contribution in [1.82, 2.24) is 20.3 Å². The first kappa shape index (κ1) is 13.6. The molecule has 0 spiro atoms. The monoisotopic (exact) mass is 300 g/mol. The highest BCUT2D eigenvalue weighted by molar-refractivity contribution is 6.35. The molecule has 100 valence electrons. The third-order valence-corrected chi connectivity index (χ3v) is 3.01. The van der Waals surface area contributed by atoms with Crippen molar-refractivity contribution in [2.24, 2.45) is 0 Å². The summed E-state index contributed by atoms with van der Waals surface area (Å²) in [5, 5.41) is 20.0. The van der Waals surface area contributed by atoms with Crippen molar-refractivity contribution in [1.29, 1.82) is 0 Å². The predicted molar refractivity (Wildman–Crippen MR) is 70.4 cm³/mol. The summed E-state index contributed by atoms with van der Waals surface area (Å²) in [6, 6.07) is 4.32. The topological polar surface area (TPSA) is 80.0 Å². The summed E-state index contributed by atoms with van der Waals surface area (Å²) in [6.07, 6.45) is 1.88. The molecule has 2 aromatic rings. The fraction of sp³-hybridized carbons (Fsp3) is 0.182. The third kappa shape index (κ3) is 3.59. The molecule has 0 aliphatic heterocycles. The minimum atomic E-state index is -1.15. The summed E-state index contributed by atoms with van der Waals surface area (Å²) in [5.41, 5.74) is 0.616. The highest BCUT2D eigenvalue weighted by atomic mass is 35.5. The zero-order valence-electron chi connectivity index (χ0n) is 9.62. The van der Waals surface area contributed by atoms with Crippen LogP contribution in [-0.4, -0.2) is 26.2 Å². The molecule has 8 heteroatoms. The number of carboxylic acid groups (broad SMARTS) is 1. The normalized spacial score (nSPS) is 12.1. The first-order valence-corrected chi connectivity index (χ1v) is 6.10. The Balaban J connectivity index is 2.28. The summed E-state index contributed by atoms with van der Waals surface area (Å²) in [5.74, 6) is 0. The first-order valence-electron chi connectivity index (χ1n) is 5.35. The second-order valence-corrected chi connectivity index (χ2v) is 4.60. The zero-order chi connectivity index (χ0) is 13.8. The van der Waals surface area contributed by atoms with Gasteiger partial charge < -0.3 is 10.4 Å². The molecule has 1 atom stereocenters. The lowest BCUT2D eigenvalue weighted by Gasteiger charge is -2.18. The van der Waals surface area contributed by atoms with Crippen LogP contribution < -0.4 is 5.32 Å². The molecule has 0 bridgehead atoms. The maximum atomic E-state index is 10.9. The maximum Gasteiger partial charge on any atom is 0.405 e. The van der Waals surface area contributed by atoms with Gasteiger partial charge in [0.2, 0.25) is 0 Å². The molecule has 1 aromatic heterocycles. The van der Waals surface area contributed by atoms with Crippen LogP contribution in [0.15, 0.2) is 30.6 Å². The Labute approximate surface area is 118 Å². The van der Waals surface area contributed by atoms with E-state index < -0.39 is 12.1 Å². The van der Waals surface area contributed by atoms with Crippen LogP contribution >= 0.6 is 23.2 Å². The van der Waals surface area contributed by atoms with Crippen molar-refractivity contribution in [2.75, 3.05) is 0 Å². The molecular weight excluding hydrogens is 291 g/mol. The van der Waals surface area contributed by atoms with Gasteiger partial charge in [0.05, 0.1) is 25.0 Å². The second-order valence-electron chi connectivity index (χ2n) is 3.75. The van der Waals surface area contributed by atoms with Gasteiger partial charge in [-0.2, -0.15) is 15.0 Å². The fourth-order valence-corrected chi connectivity index (χ4v) is 2.20. The average Bonchev–Trinajstić information content (AvgIpc) is 2.80. The Bertz CT molecular complexity index is 574. The number of benzene rings is 1. The van der Waals surface area contributed by atoms with Crippen molar-refractivity contribution < 1.29 is 9.90 Å². The highest BCUT2D eigenvalue weighted by Crippen LogP contribution is 2.27. The van der Waals surface area contributed by atoms with Crippen LogP contribution in [0.5, 0.6) is 0 Å². The molecule has 0 saturated heterocycles. The van der Waals surface area contributed by atoms with E-state index in [9.17, 15) is 4.79 Å². The van der Waals surface area contributed by atoms with Gasteiger partial charge in [0.15, 0.2) is 0 Å². The molecule has 0 aliphatic carbocycles. The van der Waals surface area contributed by atoms with Crippen LogP contribution in [0.2, 0.25) is 10.0 Å². The number of nitrogens with zero attached hydrogens (tertiary/aromatic N) is 3. The number of aromatic nitrogens is 3. The molecule has 0 aliphatic rings. The van der Waals surface area contributed by atoms with E-state index in [1.54, 1.807) is 18.2 Å². The molecule has 0 radical (unpaired) electrons. The smallest absolute Gasteiger partial charge is 0.405 e. The molecule has 19 heavy (non-hydrogen) atoms. The van der Waals surface area contributed by atoms with Gasteiger partial charge in [0.1, 0.15) is 0 Å². The van der Waals surface area contributed by atoms with E-state index in [0.717, 1.165) is 0 Å². The number of hydrogen-bond donors (Lipinski definition) is 2. The van der Waals surface area contributed by atoms with Crippen molar-refractivity contribution in [3.05, 3.63) is 46.2 Å². The summed E-state index contributed by atoms with van der Waals surface area (Å²) in [6.45, 7) is 0.237. The molecule has 1 unspecified atom stereocenters. The number of rotatable bonds is 4. The average molecular weight is 301 g/mol. The molecular formula is C11H10Cl2N4O2. The number of halogens is 2. The standard InChI is InChI=1S/C11H10Cl2N4O2/c12-7-1-2-8(9(13)5-7)10(16-11(18)19)6-17-14-3-4-15-17/h1-5,10,16H,6H2,(H,18,19). The molecule has 0 fully saturated rings. The van der Waals surface area contributed by atoms with Gasteiger partial charge in [0, 0.05) is 10.0 Å². The van der Waals surface area contributed by atoms with Crippen molar-refractivity contribution in [3.8, 4) is 0 Å². The predicted octanol–water partition coefficient (Wildman–Crippen LogP) is 2.59. The fourth-order valence-electron chi connectivity index (χ4n) is 1.66. The SMILES string of the molecule is O=C(O)NC(Cn1nccn1)c1ccc(Cl)cc1Cl. The number of hydrogen-bond acceptors (Lipinski definition) is 3. The number of amides is 1. The van der Waals surface area contributed by atoms with E-state index in [2.05, 4.69) is 15.5 Å². The lowest BCUT2D eigenvalue weighted by molar-refractivity contribution is 0.187. The van der Waals surface area contributed by atoms with Gasteiger partial charge in [-0.15, -0.1) is 0 Å². The highest BCUT2D eigenvalue weighted by Gasteiger charge is 2.18. The molecule has 1 heterocycles. The van der Waals surface area contributed by atoms with E-state index in [0.29, 0.717) is 15.6 Å². The van der Waals surface area contributed by atoms with Gasteiger partial charge >= 0.3 is 6.09 Å². The molecule has 2 N–H and O–H groups in total. The van der Waals surface area contributed by atoms with Crippen LogP contribution in [-0.2, 0) is 6.54 Å². The van der Waals surface area contributed by atoms with Crippen LogP contribution in [0.25, 0.3) is 0 Å². The largest absolute Gasteiger partial charge is 0.465 e. The van der Waals surface area contributed by atoms with Crippen LogP contribution in [0.1, 0.15) is 11.6 Å². The van der Waals surface area contributed by atoms with E-state index in [-0.39, 0.29) is 6.54 Å². The van der Waals surface area contributed by atoms with Gasteiger partial charge in [-0.05, 0) is 17.7 Å². The van der Waals surface area contributed by atoms with Gasteiger partial charge in [-0.3, -0.25) is 0 Å². The van der Waals surface area contributed by atoms with Crippen molar-refractivity contribution in [2.45, 2.75) is 12.6 Å². The van der Waals surface area contributed by atoms with Crippen LogP contribution in [0.4, 0.5) is 4.79 Å². The minimum absolute atomic E-state index is 0.237. The molecule has 0 saturated carbocycles. The van der Waals surface area contributed by atoms with Gasteiger partial charge in [-0.1, -0.05) is 29.3 Å². The summed E-state index contributed by atoms with van der Waals surface area (Å²) in [4.78, 5) is 12.2. The molecule has 1 aromatic carbocycles. The first-order chi connectivity index (χ1) is 9.06. The number of carbonyl (C=O) groups is 1. The van der Waals surface area contributed by atoms with Crippen LogP contribution in [0.3, 0.4) is 0 Å². The van der Waals surface area contributed by atoms with Crippen LogP contribution in [0, 0.1) is 0 Å². The Morgan fingerprint density at radius 1 is 1.37 bits per heavy atom. The maximum absolute atomic E-state index is 10.9. The number of nitrogens with one attached hydrogen (secondary N) is 1. The van der Waals surface area contributed by atoms with Crippen molar-refractivity contribution >= 4 is 29.3 Å². The van der Waals surface area contributed by atoms with E-state index in [4.69, 9.17) is 28.3 Å². The Morgan fingerprint density at radius 3 is 2.63 bits per heavy atom. The quantitative estimate of drug-likeness (QED) is 0.909. The summed E-state index contributed by atoms with van der Waals surface area (Å²) < 4.78 is 0. The molecule has 2 rings (SSSR count). The van der Waals surface area contributed by atoms with Gasteiger partial charge in [-0.25, -0.2) is 4.79 Å². The van der Waals surface area contributed by atoms with E-state index in [1.807, 2.05) is 0 Å². The minimum Gasteiger partial charge on any atom is -0.465 e. The summed E-state index contributed by atoms with van der Waals surface area (Å²) in [7, 11) is 0. The van der Waals surface area contributed by atoms with Crippen molar-refractivity contribution in [3.63, 3.8) is 0 Å². The Hall–Kier alpha value is -1.79. The second kappa shape index (κ2) is 5.90. The Morgan fingerprint density at radius 2 is 2.05 bits per heavy atom. The lowest BCUT2D eigenvalue weighted by atomic mass is 10.1. The molecule has 6 nitrogen and oxygen atoms in total. The summed E-state index contributed by atoms with van der Waals surface area (Å²) >= 11 is 11.9. The zero-order valence-corrected chi connectivity index (χ0v) is 11.1. The third-order valence-electron chi connectivity index (χ3n) is 2.45.